The summed E-state index contributed by atoms with van der Waals surface area (Å²) in [6.07, 6.45) is 3.21. The van der Waals surface area contributed by atoms with Crippen molar-refractivity contribution in [2.45, 2.75) is 37.6 Å². The molecule has 2 aromatic rings. The van der Waals surface area contributed by atoms with E-state index in [0.717, 1.165) is 23.3 Å². The third-order valence-electron chi connectivity index (χ3n) is 5.68. The number of carbonyl (C=O) groups is 3. The van der Waals surface area contributed by atoms with E-state index in [0.29, 0.717) is 35.2 Å². The molecule has 30 heavy (non-hydrogen) atoms. The first-order chi connectivity index (χ1) is 14.5. The van der Waals surface area contributed by atoms with Gasteiger partial charge in [-0.05, 0) is 31.0 Å². The number of imide groups is 1. The van der Waals surface area contributed by atoms with Crippen molar-refractivity contribution in [3.63, 3.8) is 0 Å². The number of amides is 4. The highest BCUT2D eigenvalue weighted by molar-refractivity contribution is 7.14. The summed E-state index contributed by atoms with van der Waals surface area (Å²) in [7, 11) is 0. The van der Waals surface area contributed by atoms with Crippen molar-refractivity contribution < 1.29 is 23.9 Å². The number of nitrogens with zero attached hydrogens (tertiary/aromatic N) is 2. The fraction of sp³-hybridized carbons (Fsp3) is 0.400. The van der Waals surface area contributed by atoms with Gasteiger partial charge in [0.05, 0.1) is 5.69 Å². The molecule has 1 saturated carbocycles. The lowest BCUT2D eigenvalue weighted by molar-refractivity contribution is -0.131. The van der Waals surface area contributed by atoms with Crippen molar-refractivity contribution in [3.05, 3.63) is 23.6 Å². The van der Waals surface area contributed by atoms with Gasteiger partial charge in [0.1, 0.15) is 5.54 Å². The summed E-state index contributed by atoms with van der Waals surface area (Å²) in [6, 6.07) is 5.14. The average molecular weight is 428 g/mol. The van der Waals surface area contributed by atoms with E-state index in [1.54, 1.807) is 0 Å². The van der Waals surface area contributed by atoms with E-state index in [4.69, 9.17) is 9.47 Å². The van der Waals surface area contributed by atoms with Crippen molar-refractivity contribution in [2.24, 2.45) is 0 Å². The molecule has 2 aliphatic heterocycles. The Morgan fingerprint density at radius 1 is 1.23 bits per heavy atom. The van der Waals surface area contributed by atoms with E-state index < -0.39 is 11.6 Å². The molecule has 2 fully saturated rings. The Morgan fingerprint density at radius 3 is 2.87 bits per heavy atom. The highest BCUT2D eigenvalue weighted by Gasteiger charge is 2.52. The van der Waals surface area contributed by atoms with E-state index in [1.165, 1.54) is 11.3 Å². The topological polar surface area (TPSA) is 110 Å². The van der Waals surface area contributed by atoms with Gasteiger partial charge in [-0.15, -0.1) is 11.3 Å². The van der Waals surface area contributed by atoms with E-state index in [1.807, 2.05) is 23.6 Å². The molecule has 156 valence electrons. The summed E-state index contributed by atoms with van der Waals surface area (Å²) in [4.78, 5) is 42.8. The first-order valence-electron chi connectivity index (χ1n) is 9.84. The van der Waals surface area contributed by atoms with Crippen LogP contribution in [0.3, 0.4) is 0 Å². The Balaban J connectivity index is 1.19. The van der Waals surface area contributed by atoms with Crippen LogP contribution < -0.4 is 20.1 Å². The predicted molar refractivity (Wildman–Crippen MR) is 108 cm³/mol. The van der Waals surface area contributed by atoms with E-state index in [2.05, 4.69) is 15.6 Å². The molecule has 2 N–H and O–H groups in total. The third kappa shape index (κ3) is 3.26. The lowest BCUT2D eigenvalue weighted by Crippen LogP contribution is -2.44. The van der Waals surface area contributed by atoms with Gasteiger partial charge in [0.15, 0.2) is 16.6 Å². The molecule has 0 bridgehead atoms. The molecule has 1 aliphatic carbocycles. The zero-order chi connectivity index (χ0) is 20.7. The van der Waals surface area contributed by atoms with Gasteiger partial charge in [0, 0.05) is 23.9 Å². The smallest absolute Gasteiger partial charge is 0.325 e. The maximum Gasteiger partial charge on any atom is 0.325 e. The van der Waals surface area contributed by atoms with Gasteiger partial charge >= 0.3 is 6.03 Å². The molecule has 5 rings (SSSR count). The fourth-order valence-electron chi connectivity index (χ4n) is 4.11. The largest absolute Gasteiger partial charge is 0.454 e. The van der Waals surface area contributed by atoms with Crippen LogP contribution in [0.2, 0.25) is 0 Å². The molecule has 0 atom stereocenters. The number of carbonyl (C=O) groups excluding carboxylic acids is 3. The quantitative estimate of drug-likeness (QED) is 0.709. The van der Waals surface area contributed by atoms with Crippen molar-refractivity contribution in [1.29, 1.82) is 0 Å². The van der Waals surface area contributed by atoms with Crippen LogP contribution in [0.5, 0.6) is 11.5 Å². The van der Waals surface area contributed by atoms with E-state index >= 15 is 0 Å². The third-order valence-corrected chi connectivity index (χ3v) is 6.44. The monoisotopic (exact) mass is 428 g/mol. The van der Waals surface area contributed by atoms with Crippen LogP contribution in [0.1, 0.15) is 32.1 Å². The molecular weight excluding hydrogens is 408 g/mol. The molecule has 1 saturated heterocycles. The molecular formula is C20H20N4O5S. The molecule has 10 heteroatoms. The fourth-order valence-corrected chi connectivity index (χ4v) is 4.85. The first-order valence-corrected chi connectivity index (χ1v) is 10.7. The summed E-state index contributed by atoms with van der Waals surface area (Å²) in [5, 5.41) is 7.86. The number of hydrogen-bond donors (Lipinski definition) is 2. The van der Waals surface area contributed by atoms with Crippen LogP contribution in [-0.2, 0) is 9.59 Å². The van der Waals surface area contributed by atoms with Crippen molar-refractivity contribution in [3.8, 4) is 22.8 Å². The second-order valence-corrected chi connectivity index (χ2v) is 8.44. The number of fused-ring (bicyclic) bond motifs is 1. The Kier molecular flexibility index (Phi) is 4.58. The molecule has 1 aromatic carbocycles. The Morgan fingerprint density at radius 2 is 2.03 bits per heavy atom. The van der Waals surface area contributed by atoms with Crippen LogP contribution >= 0.6 is 11.3 Å². The molecule has 0 unspecified atom stereocenters. The van der Waals surface area contributed by atoms with Crippen LogP contribution in [0.4, 0.5) is 9.93 Å². The number of benzene rings is 1. The Hall–Kier alpha value is -3.14. The standard InChI is InChI=1S/C20H20N4O5S/c25-16(5-8-24-17(26)20(23-19(24)27)6-1-2-7-20)22-18-21-13(10-30-18)12-3-4-14-15(9-12)29-11-28-14/h3-4,9-10H,1-2,5-8,11H2,(H,23,27)(H,21,22,25). The van der Waals surface area contributed by atoms with Crippen molar-refractivity contribution >= 4 is 34.3 Å². The first kappa shape index (κ1) is 18.9. The number of nitrogens with one attached hydrogen (secondary N) is 2. The van der Waals surface area contributed by atoms with Gasteiger partial charge in [-0.2, -0.15) is 0 Å². The van der Waals surface area contributed by atoms with Gasteiger partial charge in [-0.1, -0.05) is 12.8 Å². The highest BCUT2D eigenvalue weighted by Crippen LogP contribution is 2.37. The number of anilines is 1. The van der Waals surface area contributed by atoms with Crippen LogP contribution in [-0.4, -0.2) is 46.6 Å². The minimum atomic E-state index is -0.748. The second-order valence-electron chi connectivity index (χ2n) is 7.58. The normalized spacial score (nSPS) is 18.9. The van der Waals surface area contributed by atoms with Crippen molar-refractivity contribution in [2.75, 3.05) is 18.7 Å². The van der Waals surface area contributed by atoms with Gasteiger partial charge < -0.3 is 20.1 Å². The van der Waals surface area contributed by atoms with Gasteiger partial charge in [0.2, 0.25) is 12.7 Å². The van der Waals surface area contributed by atoms with E-state index in [-0.39, 0.29) is 31.6 Å². The SMILES string of the molecule is O=C(CCN1C(=O)NC2(CCCC2)C1=O)Nc1nc(-c2ccc3c(c2)OCO3)cs1. The summed E-state index contributed by atoms with van der Waals surface area (Å²) in [6.45, 7) is 0.258. The molecule has 4 amide bonds. The molecule has 9 nitrogen and oxygen atoms in total. The minimum absolute atomic E-state index is 0.0220. The number of urea groups is 1. The number of hydrogen-bond acceptors (Lipinski definition) is 7. The van der Waals surface area contributed by atoms with Crippen LogP contribution in [0, 0.1) is 0 Å². The lowest BCUT2D eigenvalue weighted by atomic mass is 9.98. The Bertz CT molecular complexity index is 1030. The molecule has 1 spiro atoms. The number of thiazole rings is 1. The van der Waals surface area contributed by atoms with Gasteiger partial charge in [0.25, 0.3) is 5.91 Å². The van der Waals surface area contributed by atoms with Crippen LogP contribution in [0.15, 0.2) is 23.6 Å². The minimum Gasteiger partial charge on any atom is -0.454 e. The van der Waals surface area contributed by atoms with E-state index in [9.17, 15) is 14.4 Å². The molecule has 3 heterocycles. The Labute approximate surface area is 176 Å². The maximum absolute atomic E-state index is 12.6. The number of ether oxygens (including phenoxy) is 2. The molecule has 1 aromatic heterocycles. The lowest BCUT2D eigenvalue weighted by Gasteiger charge is -2.19. The predicted octanol–water partition coefficient (Wildman–Crippen LogP) is 2.73. The number of aromatic nitrogens is 1. The zero-order valence-electron chi connectivity index (χ0n) is 16.1. The maximum atomic E-state index is 12.6. The van der Waals surface area contributed by atoms with Gasteiger partial charge in [-0.3, -0.25) is 14.5 Å². The summed E-state index contributed by atoms with van der Waals surface area (Å²) in [5.41, 5.74) is 0.825. The van der Waals surface area contributed by atoms with Crippen molar-refractivity contribution in [1.82, 2.24) is 15.2 Å². The summed E-state index contributed by atoms with van der Waals surface area (Å²) < 4.78 is 10.7. The van der Waals surface area contributed by atoms with Crippen LogP contribution in [0.25, 0.3) is 11.3 Å². The second kappa shape index (κ2) is 7.28. The van der Waals surface area contributed by atoms with Gasteiger partial charge in [-0.25, -0.2) is 9.78 Å². The molecule has 0 radical (unpaired) electrons. The zero-order valence-corrected chi connectivity index (χ0v) is 16.9. The highest BCUT2D eigenvalue weighted by atomic mass is 32.1. The summed E-state index contributed by atoms with van der Waals surface area (Å²) in [5.74, 6) is 0.855. The number of rotatable bonds is 5. The summed E-state index contributed by atoms with van der Waals surface area (Å²) >= 11 is 1.31. The average Bonchev–Trinajstić information content (AvgIpc) is 3.50. The molecule has 3 aliphatic rings.